The third-order valence-electron chi connectivity index (χ3n) is 3.57. The molecular weight excluding hydrogens is 293 g/mol. The van der Waals surface area contributed by atoms with Gasteiger partial charge in [0, 0.05) is 12.6 Å². The Bertz CT molecular complexity index is 500. The van der Waals surface area contributed by atoms with E-state index in [9.17, 15) is 18.0 Å². The van der Waals surface area contributed by atoms with Crippen LogP contribution in [0.1, 0.15) is 31.9 Å². The van der Waals surface area contributed by atoms with Gasteiger partial charge in [0.2, 0.25) is 5.91 Å². The lowest BCUT2D eigenvalue weighted by molar-refractivity contribution is -0.138. The predicted molar refractivity (Wildman–Crippen MR) is 80.2 cm³/mol. The Kier molecular flexibility index (Phi) is 6.41. The van der Waals surface area contributed by atoms with Crippen molar-refractivity contribution in [1.82, 2.24) is 10.2 Å². The van der Waals surface area contributed by atoms with Crippen molar-refractivity contribution in [3.05, 3.63) is 35.4 Å². The fourth-order valence-electron chi connectivity index (χ4n) is 1.99. The summed E-state index contributed by atoms with van der Waals surface area (Å²) in [4.78, 5) is 13.4. The summed E-state index contributed by atoms with van der Waals surface area (Å²) in [6, 6.07) is 5.46. The molecule has 1 unspecified atom stereocenters. The molecule has 1 N–H and O–H groups in total. The van der Waals surface area contributed by atoms with Crippen LogP contribution in [0.15, 0.2) is 24.3 Å². The molecule has 0 bridgehead atoms. The first-order chi connectivity index (χ1) is 10.1. The third kappa shape index (κ3) is 5.67. The average molecular weight is 316 g/mol. The van der Waals surface area contributed by atoms with E-state index >= 15 is 0 Å². The molecule has 0 heterocycles. The molecule has 22 heavy (non-hydrogen) atoms. The molecule has 0 saturated heterocycles. The van der Waals surface area contributed by atoms with Crippen LogP contribution in [0.2, 0.25) is 0 Å². The number of nitrogens with zero attached hydrogens (tertiary/aromatic N) is 1. The Morgan fingerprint density at radius 3 is 2.36 bits per heavy atom. The van der Waals surface area contributed by atoms with Crippen LogP contribution < -0.4 is 5.32 Å². The lowest BCUT2D eigenvalue weighted by Gasteiger charge is -2.22. The van der Waals surface area contributed by atoms with Gasteiger partial charge in [0.25, 0.3) is 0 Å². The van der Waals surface area contributed by atoms with Crippen molar-refractivity contribution >= 4 is 5.91 Å². The number of carbonyl (C=O) groups excluding carboxylic acids is 1. The van der Waals surface area contributed by atoms with Crippen molar-refractivity contribution in [2.45, 2.75) is 39.5 Å². The lowest BCUT2D eigenvalue weighted by Crippen LogP contribution is -2.41. The zero-order valence-electron chi connectivity index (χ0n) is 13.4. The Morgan fingerprint density at radius 2 is 1.82 bits per heavy atom. The number of halogens is 3. The second-order valence-corrected chi connectivity index (χ2v) is 5.93. The van der Waals surface area contributed by atoms with E-state index in [1.807, 2.05) is 20.8 Å². The van der Waals surface area contributed by atoms with Crippen LogP contribution in [0.3, 0.4) is 0 Å². The number of benzene rings is 1. The van der Waals surface area contributed by atoms with Crippen molar-refractivity contribution < 1.29 is 18.0 Å². The highest BCUT2D eigenvalue weighted by atomic mass is 19.4. The van der Waals surface area contributed by atoms with E-state index in [-0.39, 0.29) is 30.6 Å². The quantitative estimate of drug-likeness (QED) is 0.873. The van der Waals surface area contributed by atoms with Gasteiger partial charge in [-0.15, -0.1) is 0 Å². The summed E-state index contributed by atoms with van der Waals surface area (Å²) in [5, 5.41) is 2.84. The monoisotopic (exact) mass is 316 g/mol. The molecule has 1 aromatic rings. The number of amides is 1. The molecular formula is C16H23F3N2O. The van der Waals surface area contributed by atoms with Crippen LogP contribution in [-0.4, -0.2) is 30.4 Å². The van der Waals surface area contributed by atoms with Gasteiger partial charge in [-0.1, -0.05) is 32.0 Å². The van der Waals surface area contributed by atoms with Crippen LogP contribution in [0.25, 0.3) is 0 Å². The highest BCUT2D eigenvalue weighted by molar-refractivity contribution is 5.78. The van der Waals surface area contributed by atoms with E-state index in [1.54, 1.807) is 18.0 Å². The fourth-order valence-corrected chi connectivity index (χ4v) is 1.99. The highest BCUT2D eigenvalue weighted by Gasteiger charge is 2.33. The number of nitrogens with one attached hydrogen (secondary N) is 1. The average Bonchev–Trinajstić information content (AvgIpc) is 2.37. The summed E-state index contributed by atoms with van der Waals surface area (Å²) in [6.45, 7) is 6.02. The number of alkyl halides is 3. The summed E-state index contributed by atoms with van der Waals surface area (Å²) >= 11 is 0. The number of likely N-dealkylation sites (N-methyl/N-ethyl adjacent to an activating group) is 1. The molecule has 0 aliphatic heterocycles. The van der Waals surface area contributed by atoms with Crippen molar-refractivity contribution in [3.8, 4) is 0 Å². The predicted octanol–water partition coefficient (Wildman–Crippen LogP) is 3.30. The Labute approximate surface area is 129 Å². The number of hydrogen-bond donors (Lipinski definition) is 1. The van der Waals surface area contributed by atoms with Gasteiger partial charge < -0.3 is 5.32 Å². The van der Waals surface area contributed by atoms with E-state index in [1.165, 1.54) is 12.1 Å². The summed E-state index contributed by atoms with van der Waals surface area (Å²) < 4.78 is 38.8. The van der Waals surface area contributed by atoms with E-state index in [0.29, 0.717) is 5.92 Å². The zero-order chi connectivity index (χ0) is 16.9. The molecule has 0 saturated carbocycles. The molecule has 1 aromatic carbocycles. The van der Waals surface area contributed by atoms with Crippen molar-refractivity contribution in [3.63, 3.8) is 0 Å². The Balaban J connectivity index is 2.66. The van der Waals surface area contributed by atoms with Gasteiger partial charge in [-0.25, -0.2) is 0 Å². The minimum atomic E-state index is -4.38. The van der Waals surface area contributed by atoms with Crippen LogP contribution >= 0.6 is 0 Å². The molecule has 0 radical (unpaired) electrons. The molecule has 3 nitrogen and oxygen atoms in total. The van der Waals surface area contributed by atoms with Crippen molar-refractivity contribution in [2.24, 2.45) is 5.92 Å². The first-order valence-corrected chi connectivity index (χ1v) is 7.24. The largest absolute Gasteiger partial charge is 0.416 e. The smallest absolute Gasteiger partial charge is 0.352 e. The zero-order valence-corrected chi connectivity index (χ0v) is 13.4. The van der Waals surface area contributed by atoms with E-state index in [2.05, 4.69) is 5.32 Å². The van der Waals surface area contributed by atoms with Crippen LogP contribution in [-0.2, 0) is 17.5 Å². The summed E-state index contributed by atoms with van der Waals surface area (Å²) in [7, 11) is 1.63. The lowest BCUT2D eigenvalue weighted by atomic mass is 10.1. The molecule has 0 aliphatic carbocycles. The molecule has 124 valence electrons. The molecule has 0 aliphatic rings. The number of hydrogen-bond acceptors (Lipinski definition) is 2. The fraction of sp³-hybridized carbons (Fsp3) is 0.562. The minimum absolute atomic E-state index is 0.0309. The summed E-state index contributed by atoms with van der Waals surface area (Å²) in [5.41, 5.74) is -0.486. The SMILES string of the molecule is CC(C)C(C)NC(=O)CN(C)Cc1ccccc1C(F)(F)F. The first kappa shape index (κ1) is 18.5. The second-order valence-electron chi connectivity index (χ2n) is 5.93. The molecule has 1 rings (SSSR count). The standard InChI is InChI=1S/C16H23F3N2O/c1-11(2)12(3)20-15(22)10-21(4)9-13-7-5-6-8-14(13)16(17,18)19/h5-8,11-12H,9-10H2,1-4H3,(H,20,22). The van der Waals surface area contributed by atoms with Crippen molar-refractivity contribution in [2.75, 3.05) is 13.6 Å². The van der Waals surface area contributed by atoms with Gasteiger partial charge in [-0.3, -0.25) is 9.69 Å². The number of rotatable bonds is 6. The topological polar surface area (TPSA) is 32.3 Å². The van der Waals surface area contributed by atoms with Gasteiger partial charge in [-0.05, 0) is 31.5 Å². The number of carbonyl (C=O) groups is 1. The molecule has 0 spiro atoms. The molecule has 1 amide bonds. The Morgan fingerprint density at radius 1 is 1.23 bits per heavy atom. The molecule has 1 atom stereocenters. The van der Waals surface area contributed by atoms with Gasteiger partial charge >= 0.3 is 6.18 Å². The normalized spacial score (nSPS) is 13.5. The third-order valence-corrected chi connectivity index (χ3v) is 3.57. The van der Waals surface area contributed by atoms with Gasteiger partial charge in [0.1, 0.15) is 0 Å². The highest BCUT2D eigenvalue weighted by Crippen LogP contribution is 2.32. The summed E-state index contributed by atoms with van der Waals surface area (Å²) in [5.74, 6) is 0.119. The first-order valence-electron chi connectivity index (χ1n) is 7.24. The summed E-state index contributed by atoms with van der Waals surface area (Å²) in [6.07, 6.45) is -4.38. The van der Waals surface area contributed by atoms with Crippen molar-refractivity contribution in [1.29, 1.82) is 0 Å². The maximum absolute atomic E-state index is 12.9. The van der Waals surface area contributed by atoms with Crippen LogP contribution in [0, 0.1) is 5.92 Å². The van der Waals surface area contributed by atoms with E-state index in [4.69, 9.17) is 0 Å². The van der Waals surface area contributed by atoms with Gasteiger partial charge in [-0.2, -0.15) is 13.2 Å². The van der Waals surface area contributed by atoms with Crippen LogP contribution in [0.5, 0.6) is 0 Å². The molecule has 0 fully saturated rings. The van der Waals surface area contributed by atoms with Gasteiger partial charge in [0.05, 0.1) is 12.1 Å². The second kappa shape index (κ2) is 7.63. The maximum atomic E-state index is 12.9. The van der Waals surface area contributed by atoms with E-state index < -0.39 is 11.7 Å². The van der Waals surface area contributed by atoms with E-state index in [0.717, 1.165) is 6.07 Å². The minimum Gasteiger partial charge on any atom is -0.352 e. The molecule has 0 aromatic heterocycles. The maximum Gasteiger partial charge on any atom is 0.416 e. The van der Waals surface area contributed by atoms with Gasteiger partial charge in [0.15, 0.2) is 0 Å². The molecule has 6 heteroatoms. The Hall–Kier alpha value is -1.56. The van der Waals surface area contributed by atoms with Crippen LogP contribution in [0.4, 0.5) is 13.2 Å².